The summed E-state index contributed by atoms with van der Waals surface area (Å²) in [6, 6.07) is 5.44. The van der Waals surface area contributed by atoms with Crippen molar-refractivity contribution in [3.8, 4) is 5.75 Å². The van der Waals surface area contributed by atoms with E-state index in [0.717, 1.165) is 44.0 Å². The molecule has 1 atom stereocenters. The Morgan fingerprint density at radius 2 is 2.05 bits per heavy atom. The van der Waals surface area contributed by atoms with Crippen molar-refractivity contribution in [1.29, 1.82) is 0 Å². The summed E-state index contributed by atoms with van der Waals surface area (Å²) in [5, 5.41) is 14.4. The Labute approximate surface area is 132 Å². The zero-order valence-electron chi connectivity index (χ0n) is 12.8. The number of piperazine rings is 1. The number of aliphatic hydroxyl groups is 1. The van der Waals surface area contributed by atoms with Crippen LogP contribution in [0.5, 0.6) is 5.75 Å². The maximum atomic E-state index is 10.5. The summed E-state index contributed by atoms with van der Waals surface area (Å²) in [7, 11) is 0. The van der Waals surface area contributed by atoms with E-state index in [1.54, 1.807) is 6.07 Å². The van der Waals surface area contributed by atoms with Gasteiger partial charge < -0.3 is 20.1 Å². The van der Waals surface area contributed by atoms with Crippen molar-refractivity contribution in [3.63, 3.8) is 0 Å². The molecule has 2 rings (SSSR count). The summed E-state index contributed by atoms with van der Waals surface area (Å²) in [5.41, 5.74) is 0.784. The normalized spacial score (nSPS) is 18.0. The molecule has 2 N–H and O–H groups in total. The number of nitrogens with zero attached hydrogens (tertiary/aromatic N) is 1. The number of hydrogen-bond donors (Lipinski definition) is 2. The summed E-state index contributed by atoms with van der Waals surface area (Å²) >= 11 is 6.06. The van der Waals surface area contributed by atoms with Crippen LogP contribution in [-0.2, 0) is 0 Å². The van der Waals surface area contributed by atoms with Crippen LogP contribution in [0.1, 0.15) is 31.9 Å². The number of halogens is 1. The van der Waals surface area contributed by atoms with E-state index in [4.69, 9.17) is 16.3 Å². The molecule has 1 aliphatic heterocycles. The smallest absolute Gasteiger partial charge is 0.125 e. The third-order valence-electron chi connectivity index (χ3n) is 3.62. The first kappa shape index (κ1) is 16.6. The van der Waals surface area contributed by atoms with E-state index in [1.165, 1.54) is 0 Å². The predicted octanol–water partition coefficient (Wildman–Crippen LogP) is 2.46. The lowest BCUT2D eigenvalue weighted by Crippen LogP contribution is -2.44. The molecule has 1 heterocycles. The van der Waals surface area contributed by atoms with Crippen LogP contribution >= 0.6 is 11.6 Å². The molecule has 5 heteroatoms. The average molecular weight is 313 g/mol. The van der Waals surface area contributed by atoms with Gasteiger partial charge in [-0.1, -0.05) is 11.6 Å². The van der Waals surface area contributed by atoms with Gasteiger partial charge in [-0.3, -0.25) is 0 Å². The fourth-order valence-corrected chi connectivity index (χ4v) is 2.72. The van der Waals surface area contributed by atoms with Gasteiger partial charge in [-0.05, 0) is 38.5 Å². The molecule has 0 aliphatic carbocycles. The van der Waals surface area contributed by atoms with Gasteiger partial charge >= 0.3 is 0 Å². The number of ether oxygens (including phenoxy) is 1. The summed E-state index contributed by atoms with van der Waals surface area (Å²) in [5.74, 6) is 0.724. The van der Waals surface area contributed by atoms with E-state index in [2.05, 4.69) is 10.2 Å². The molecule has 0 amide bonds. The van der Waals surface area contributed by atoms with Gasteiger partial charge in [0.25, 0.3) is 0 Å². The zero-order valence-corrected chi connectivity index (χ0v) is 13.6. The van der Waals surface area contributed by atoms with Crippen molar-refractivity contribution in [2.45, 2.75) is 32.5 Å². The van der Waals surface area contributed by atoms with Crippen molar-refractivity contribution >= 4 is 11.6 Å². The fourth-order valence-electron chi connectivity index (χ4n) is 2.54. The lowest BCUT2D eigenvalue weighted by atomic mass is 10.0. The first-order valence-electron chi connectivity index (χ1n) is 7.63. The number of benzene rings is 1. The molecule has 0 bridgehead atoms. The Hall–Kier alpha value is -0.810. The highest BCUT2D eigenvalue weighted by Crippen LogP contribution is 2.31. The minimum absolute atomic E-state index is 0.0743. The SMILES string of the molecule is CC(C)Oc1ccc(Cl)cc1C(O)CCN1CCNCC1. The number of hydrogen-bond acceptors (Lipinski definition) is 4. The summed E-state index contributed by atoms with van der Waals surface area (Å²) < 4.78 is 5.77. The molecule has 118 valence electrons. The molecule has 1 aliphatic rings. The first-order chi connectivity index (χ1) is 10.1. The third kappa shape index (κ3) is 5.15. The second-order valence-corrected chi connectivity index (χ2v) is 6.18. The molecule has 1 saturated heterocycles. The highest BCUT2D eigenvalue weighted by atomic mass is 35.5. The van der Waals surface area contributed by atoms with E-state index in [-0.39, 0.29) is 6.10 Å². The highest BCUT2D eigenvalue weighted by molar-refractivity contribution is 6.30. The number of rotatable bonds is 6. The van der Waals surface area contributed by atoms with Crippen LogP contribution in [0.25, 0.3) is 0 Å². The maximum absolute atomic E-state index is 10.5. The Morgan fingerprint density at radius 1 is 1.33 bits per heavy atom. The topological polar surface area (TPSA) is 44.7 Å². The lowest BCUT2D eigenvalue weighted by molar-refractivity contribution is 0.130. The van der Waals surface area contributed by atoms with Gasteiger partial charge in [0.2, 0.25) is 0 Å². The molecule has 1 unspecified atom stereocenters. The van der Waals surface area contributed by atoms with Gasteiger partial charge in [0.05, 0.1) is 12.2 Å². The second kappa shape index (κ2) is 7.99. The van der Waals surface area contributed by atoms with Crippen molar-refractivity contribution in [2.75, 3.05) is 32.7 Å². The quantitative estimate of drug-likeness (QED) is 0.847. The molecule has 0 radical (unpaired) electrons. The largest absolute Gasteiger partial charge is 0.491 e. The molecule has 0 aromatic heterocycles. The number of nitrogens with one attached hydrogen (secondary N) is 1. The second-order valence-electron chi connectivity index (χ2n) is 5.74. The molecule has 1 aromatic rings. The van der Waals surface area contributed by atoms with Crippen LogP contribution in [0.15, 0.2) is 18.2 Å². The van der Waals surface area contributed by atoms with Gasteiger partial charge in [-0.25, -0.2) is 0 Å². The molecule has 4 nitrogen and oxygen atoms in total. The molecule has 0 spiro atoms. The fraction of sp³-hybridized carbons (Fsp3) is 0.625. The summed E-state index contributed by atoms with van der Waals surface area (Å²) in [6.45, 7) is 8.96. The van der Waals surface area contributed by atoms with Crippen LogP contribution in [-0.4, -0.2) is 48.8 Å². The lowest BCUT2D eigenvalue weighted by Gasteiger charge is -2.28. The van der Waals surface area contributed by atoms with Gasteiger partial charge in [0.1, 0.15) is 5.75 Å². The molecular formula is C16H25ClN2O2. The highest BCUT2D eigenvalue weighted by Gasteiger charge is 2.17. The van der Waals surface area contributed by atoms with Crippen LogP contribution in [0.3, 0.4) is 0 Å². The molecule has 1 aromatic carbocycles. The van der Waals surface area contributed by atoms with Crippen LogP contribution < -0.4 is 10.1 Å². The summed E-state index contributed by atoms with van der Waals surface area (Å²) in [6.07, 6.45) is 0.215. The Morgan fingerprint density at radius 3 is 2.71 bits per heavy atom. The third-order valence-corrected chi connectivity index (χ3v) is 3.86. The Balaban J connectivity index is 1.99. The van der Waals surface area contributed by atoms with E-state index in [9.17, 15) is 5.11 Å². The Kier molecular flexibility index (Phi) is 6.30. The van der Waals surface area contributed by atoms with Gasteiger partial charge in [-0.15, -0.1) is 0 Å². The van der Waals surface area contributed by atoms with E-state index >= 15 is 0 Å². The van der Waals surface area contributed by atoms with E-state index in [0.29, 0.717) is 11.4 Å². The first-order valence-corrected chi connectivity index (χ1v) is 8.01. The van der Waals surface area contributed by atoms with Gasteiger partial charge in [0.15, 0.2) is 0 Å². The van der Waals surface area contributed by atoms with Gasteiger partial charge in [-0.2, -0.15) is 0 Å². The Bertz CT molecular complexity index is 448. The van der Waals surface area contributed by atoms with Crippen molar-refractivity contribution in [2.24, 2.45) is 0 Å². The van der Waals surface area contributed by atoms with E-state index < -0.39 is 6.10 Å². The van der Waals surface area contributed by atoms with E-state index in [1.807, 2.05) is 26.0 Å². The van der Waals surface area contributed by atoms with Crippen molar-refractivity contribution in [3.05, 3.63) is 28.8 Å². The van der Waals surface area contributed by atoms with Crippen LogP contribution in [0.4, 0.5) is 0 Å². The predicted molar refractivity (Wildman–Crippen MR) is 86.1 cm³/mol. The minimum atomic E-state index is -0.549. The standard InChI is InChI=1S/C16H25ClN2O2/c1-12(2)21-16-4-3-13(17)11-14(16)15(20)5-8-19-9-6-18-7-10-19/h3-4,11-12,15,18,20H,5-10H2,1-2H3. The molecule has 0 saturated carbocycles. The van der Waals surface area contributed by atoms with Crippen molar-refractivity contribution < 1.29 is 9.84 Å². The van der Waals surface area contributed by atoms with Gasteiger partial charge in [0, 0.05) is 43.3 Å². The zero-order chi connectivity index (χ0) is 15.2. The van der Waals surface area contributed by atoms with Crippen LogP contribution in [0, 0.1) is 0 Å². The van der Waals surface area contributed by atoms with Crippen molar-refractivity contribution in [1.82, 2.24) is 10.2 Å². The monoisotopic (exact) mass is 312 g/mol. The van der Waals surface area contributed by atoms with Crippen LogP contribution in [0.2, 0.25) is 5.02 Å². The molecule has 1 fully saturated rings. The average Bonchev–Trinajstić information content (AvgIpc) is 2.47. The molecule has 21 heavy (non-hydrogen) atoms. The summed E-state index contributed by atoms with van der Waals surface area (Å²) in [4.78, 5) is 2.37. The number of aliphatic hydroxyl groups excluding tert-OH is 1. The molecular weight excluding hydrogens is 288 g/mol. The minimum Gasteiger partial charge on any atom is -0.491 e. The maximum Gasteiger partial charge on any atom is 0.125 e.